The Balaban J connectivity index is 1.95. The minimum atomic E-state index is 0.824. The number of hydrogen-bond acceptors (Lipinski definition) is 1. The molecule has 2 heteroatoms. The summed E-state index contributed by atoms with van der Waals surface area (Å²) in [5, 5.41) is 0.824. The van der Waals surface area contributed by atoms with E-state index in [4.69, 9.17) is 16.3 Å². The first-order valence-corrected chi connectivity index (χ1v) is 7.03. The third-order valence-electron chi connectivity index (χ3n) is 2.87. The zero-order valence-corrected chi connectivity index (χ0v) is 11.5. The average molecular weight is 255 g/mol. The first kappa shape index (κ1) is 14.5. The summed E-state index contributed by atoms with van der Waals surface area (Å²) in [4.78, 5) is 0. The molecule has 1 aromatic rings. The summed E-state index contributed by atoms with van der Waals surface area (Å²) in [5.74, 6) is 0. The molecule has 0 aliphatic carbocycles. The summed E-state index contributed by atoms with van der Waals surface area (Å²) < 4.78 is 5.31. The summed E-state index contributed by atoms with van der Waals surface area (Å²) in [6.07, 6.45) is 7.57. The van der Waals surface area contributed by atoms with Crippen LogP contribution >= 0.6 is 11.6 Å². The van der Waals surface area contributed by atoms with E-state index in [1.165, 1.54) is 44.1 Å². The van der Waals surface area contributed by atoms with Gasteiger partial charge in [0.1, 0.15) is 0 Å². The zero-order valence-electron chi connectivity index (χ0n) is 10.8. The van der Waals surface area contributed by atoms with Gasteiger partial charge in [0.05, 0.1) is 0 Å². The average Bonchev–Trinajstić information content (AvgIpc) is 2.35. The van der Waals surface area contributed by atoms with Crippen molar-refractivity contribution in [1.29, 1.82) is 0 Å². The second kappa shape index (κ2) is 9.49. The van der Waals surface area contributed by atoms with Gasteiger partial charge in [-0.25, -0.2) is 0 Å². The SMILES string of the molecule is CCOCCCCCCCc1ccc(Cl)cc1. The minimum absolute atomic E-state index is 0.824. The Morgan fingerprint density at radius 2 is 1.59 bits per heavy atom. The van der Waals surface area contributed by atoms with Gasteiger partial charge < -0.3 is 4.74 Å². The smallest absolute Gasteiger partial charge is 0.0465 e. The van der Waals surface area contributed by atoms with Crippen LogP contribution in [0, 0.1) is 0 Å². The molecule has 0 spiro atoms. The van der Waals surface area contributed by atoms with Crippen molar-refractivity contribution in [3.63, 3.8) is 0 Å². The Bertz CT molecular complexity index is 281. The van der Waals surface area contributed by atoms with Gasteiger partial charge in [0.15, 0.2) is 0 Å². The Morgan fingerprint density at radius 1 is 0.941 bits per heavy atom. The molecule has 0 atom stereocenters. The molecule has 0 saturated heterocycles. The normalized spacial score (nSPS) is 10.7. The van der Waals surface area contributed by atoms with Crippen LogP contribution in [0.4, 0.5) is 0 Å². The van der Waals surface area contributed by atoms with E-state index in [0.717, 1.165) is 18.2 Å². The van der Waals surface area contributed by atoms with Crippen LogP contribution in [-0.2, 0) is 11.2 Å². The third kappa shape index (κ3) is 7.40. The van der Waals surface area contributed by atoms with Crippen molar-refractivity contribution >= 4 is 11.6 Å². The summed E-state index contributed by atoms with van der Waals surface area (Å²) in [7, 11) is 0. The quantitative estimate of drug-likeness (QED) is 0.572. The van der Waals surface area contributed by atoms with Gasteiger partial charge in [-0.15, -0.1) is 0 Å². The van der Waals surface area contributed by atoms with E-state index in [1.807, 2.05) is 19.1 Å². The minimum Gasteiger partial charge on any atom is -0.382 e. The first-order valence-electron chi connectivity index (χ1n) is 6.65. The third-order valence-corrected chi connectivity index (χ3v) is 3.12. The van der Waals surface area contributed by atoms with Crippen molar-refractivity contribution in [1.82, 2.24) is 0 Å². The van der Waals surface area contributed by atoms with Crippen molar-refractivity contribution < 1.29 is 4.74 Å². The molecule has 0 saturated carbocycles. The highest BCUT2D eigenvalue weighted by Gasteiger charge is 1.94. The molecular formula is C15H23ClO. The van der Waals surface area contributed by atoms with E-state index in [1.54, 1.807) is 0 Å². The van der Waals surface area contributed by atoms with Crippen molar-refractivity contribution in [2.75, 3.05) is 13.2 Å². The lowest BCUT2D eigenvalue weighted by molar-refractivity contribution is 0.143. The fourth-order valence-corrected chi connectivity index (χ4v) is 1.98. The Morgan fingerprint density at radius 3 is 2.29 bits per heavy atom. The van der Waals surface area contributed by atoms with Gasteiger partial charge in [-0.05, 0) is 43.9 Å². The number of ether oxygens (including phenoxy) is 1. The molecule has 96 valence electrons. The lowest BCUT2D eigenvalue weighted by Crippen LogP contribution is -1.93. The van der Waals surface area contributed by atoms with Crippen molar-refractivity contribution in [3.8, 4) is 0 Å². The van der Waals surface area contributed by atoms with Gasteiger partial charge in [-0.2, -0.15) is 0 Å². The van der Waals surface area contributed by atoms with Crippen LogP contribution in [0.3, 0.4) is 0 Å². The molecule has 0 aromatic heterocycles. The predicted molar refractivity (Wildman–Crippen MR) is 74.7 cm³/mol. The van der Waals surface area contributed by atoms with Crippen LogP contribution in [-0.4, -0.2) is 13.2 Å². The fourth-order valence-electron chi connectivity index (χ4n) is 1.86. The molecule has 1 rings (SSSR count). The molecule has 0 aliphatic heterocycles. The first-order chi connectivity index (χ1) is 8.33. The highest BCUT2D eigenvalue weighted by molar-refractivity contribution is 6.30. The van der Waals surface area contributed by atoms with E-state index < -0.39 is 0 Å². The number of rotatable bonds is 9. The predicted octanol–water partition coefficient (Wildman–Crippen LogP) is 4.87. The van der Waals surface area contributed by atoms with Crippen LogP contribution in [0.25, 0.3) is 0 Å². The van der Waals surface area contributed by atoms with Crippen LogP contribution in [0.2, 0.25) is 5.02 Å². The van der Waals surface area contributed by atoms with E-state index in [0.29, 0.717) is 0 Å². The van der Waals surface area contributed by atoms with Crippen LogP contribution < -0.4 is 0 Å². The molecule has 1 aromatic carbocycles. The zero-order chi connectivity index (χ0) is 12.3. The lowest BCUT2D eigenvalue weighted by atomic mass is 10.1. The highest BCUT2D eigenvalue weighted by atomic mass is 35.5. The highest BCUT2D eigenvalue weighted by Crippen LogP contribution is 2.13. The van der Waals surface area contributed by atoms with Crippen LogP contribution in [0.5, 0.6) is 0 Å². The maximum Gasteiger partial charge on any atom is 0.0465 e. The Hall–Kier alpha value is -0.530. The van der Waals surface area contributed by atoms with Crippen molar-refractivity contribution in [2.24, 2.45) is 0 Å². The Labute approximate surface area is 110 Å². The summed E-state index contributed by atoms with van der Waals surface area (Å²) in [6, 6.07) is 8.19. The van der Waals surface area contributed by atoms with E-state index in [-0.39, 0.29) is 0 Å². The largest absolute Gasteiger partial charge is 0.382 e. The van der Waals surface area contributed by atoms with Gasteiger partial charge in [0.25, 0.3) is 0 Å². The molecular weight excluding hydrogens is 232 g/mol. The number of halogens is 1. The number of unbranched alkanes of at least 4 members (excludes halogenated alkanes) is 4. The molecule has 1 nitrogen and oxygen atoms in total. The molecule has 0 heterocycles. The summed E-state index contributed by atoms with van der Waals surface area (Å²) in [6.45, 7) is 3.82. The Kier molecular flexibility index (Phi) is 8.12. The summed E-state index contributed by atoms with van der Waals surface area (Å²) >= 11 is 5.84. The molecule has 0 radical (unpaired) electrons. The maximum absolute atomic E-state index is 5.84. The van der Waals surface area contributed by atoms with Gasteiger partial charge in [-0.1, -0.05) is 43.0 Å². The van der Waals surface area contributed by atoms with Crippen molar-refractivity contribution in [2.45, 2.75) is 45.4 Å². The summed E-state index contributed by atoms with van der Waals surface area (Å²) in [5.41, 5.74) is 1.39. The molecule has 0 fully saturated rings. The van der Waals surface area contributed by atoms with Gasteiger partial charge in [-0.3, -0.25) is 0 Å². The lowest BCUT2D eigenvalue weighted by Gasteiger charge is -2.03. The number of hydrogen-bond donors (Lipinski definition) is 0. The second-order valence-corrected chi connectivity index (χ2v) is 4.78. The van der Waals surface area contributed by atoms with E-state index in [2.05, 4.69) is 12.1 Å². The maximum atomic E-state index is 5.84. The molecule has 0 bridgehead atoms. The second-order valence-electron chi connectivity index (χ2n) is 4.34. The fraction of sp³-hybridized carbons (Fsp3) is 0.600. The van der Waals surface area contributed by atoms with Crippen molar-refractivity contribution in [3.05, 3.63) is 34.9 Å². The molecule has 0 aliphatic rings. The molecule has 0 unspecified atom stereocenters. The topological polar surface area (TPSA) is 9.23 Å². The van der Waals surface area contributed by atoms with Crippen LogP contribution in [0.15, 0.2) is 24.3 Å². The number of aryl methyl sites for hydroxylation is 1. The van der Waals surface area contributed by atoms with E-state index in [9.17, 15) is 0 Å². The molecule has 0 N–H and O–H groups in total. The standard InChI is InChI=1S/C15H23ClO/c1-2-17-13-7-5-3-4-6-8-14-9-11-15(16)12-10-14/h9-12H,2-8,13H2,1H3. The van der Waals surface area contributed by atoms with E-state index >= 15 is 0 Å². The van der Waals surface area contributed by atoms with Crippen LogP contribution in [0.1, 0.15) is 44.6 Å². The van der Waals surface area contributed by atoms with Gasteiger partial charge in [0.2, 0.25) is 0 Å². The number of benzene rings is 1. The molecule has 0 amide bonds. The monoisotopic (exact) mass is 254 g/mol. The van der Waals surface area contributed by atoms with Gasteiger partial charge in [0, 0.05) is 18.2 Å². The molecule has 17 heavy (non-hydrogen) atoms. The van der Waals surface area contributed by atoms with Gasteiger partial charge >= 0.3 is 0 Å².